The maximum absolute atomic E-state index is 15.0. The first-order chi connectivity index (χ1) is 25.5. The van der Waals surface area contributed by atoms with Gasteiger partial charge in [-0.2, -0.15) is 56.9 Å². The fraction of sp³-hybridized carbons (Fsp3) is 0.135. The smallest absolute Gasteiger partial charge is 0.285 e. The maximum Gasteiger partial charge on any atom is 0.416 e. The van der Waals surface area contributed by atoms with Gasteiger partial charge in [0.25, 0.3) is 10.0 Å². The van der Waals surface area contributed by atoms with Crippen LogP contribution >= 0.6 is 0 Å². The van der Waals surface area contributed by atoms with Gasteiger partial charge in [0, 0.05) is 28.5 Å². The van der Waals surface area contributed by atoms with Crippen LogP contribution in [0.4, 0.5) is 52.7 Å². The monoisotopic (exact) mass is 835 g/mol. The van der Waals surface area contributed by atoms with Crippen molar-refractivity contribution in [1.29, 1.82) is 0 Å². The summed E-state index contributed by atoms with van der Waals surface area (Å²) in [5.41, 5.74) is -11.9. The molecule has 0 aliphatic carbocycles. The van der Waals surface area contributed by atoms with Gasteiger partial charge in [0.1, 0.15) is 0 Å². The summed E-state index contributed by atoms with van der Waals surface area (Å²) in [6, 6.07) is 13.2. The molecule has 1 heterocycles. The summed E-state index contributed by atoms with van der Waals surface area (Å²) in [5.74, 6) is 0. The number of hydrogen-bond donors (Lipinski definition) is 2. The van der Waals surface area contributed by atoms with Crippen molar-refractivity contribution in [3.8, 4) is 33.4 Å². The number of rotatable bonds is 2. The second-order valence-corrected chi connectivity index (χ2v) is 18.2. The third kappa shape index (κ3) is 6.69. The Hall–Kier alpha value is -4.98. The maximum atomic E-state index is 15.0. The Morgan fingerprint density at radius 1 is 0.536 bits per heavy atom. The van der Waals surface area contributed by atoms with E-state index in [0.29, 0.717) is 6.26 Å². The molecule has 0 spiro atoms. The van der Waals surface area contributed by atoms with Gasteiger partial charge in [-0.1, -0.05) is 48.5 Å². The Bertz CT molecular complexity index is 2770. The highest BCUT2D eigenvalue weighted by Crippen LogP contribution is 2.55. The van der Waals surface area contributed by atoms with E-state index >= 15 is 4.21 Å². The fourth-order valence-corrected chi connectivity index (χ4v) is 12.0. The topological polar surface area (TPSA) is 83.5 Å². The molecule has 0 saturated carbocycles. The van der Waals surface area contributed by atoms with Gasteiger partial charge >= 0.3 is 24.7 Å². The summed E-state index contributed by atoms with van der Waals surface area (Å²) in [7, 11) is -11.9. The summed E-state index contributed by atoms with van der Waals surface area (Å²) >= 11 is 0. The lowest BCUT2D eigenvalue weighted by Crippen LogP contribution is -2.48. The third-order valence-corrected chi connectivity index (χ3v) is 13.9. The van der Waals surface area contributed by atoms with E-state index in [4.69, 9.17) is 0 Å². The molecule has 7 rings (SSSR count). The third-order valence-electron chi connectivity index (χ3n) is 9.11. The van der Waals surface area contributed by atoms with E-state index in [1.807, 2.05) is 0 Å². The largest absolute Gasteiger partial charge is 0.416 e. The van der Waals surface area contributed by atoms with Gasteiger partial charge in [0.05, 0.1) is 32.0 Å². The number of alkyl halides is 12. The highest BCUT2D eigenvalue weighted by atomic mass is 32.3. The van der Waals surface area contributed by atoms with Crippen molar-refractivity contribution >= 4 is 41.1 Å². The van der Waals surface area contributed by atoms with Crippen LogP contribution < -0.4 is 4.13 Å². The minimum absolute atomic E-state index is 0.0199. The minimum atomic E-state index is -6.34. The zero-order valence-electron chi connectivity index (χ0n) is 27.8. The van der Waals surface area contributed by atoms with Crippen molar-refractivity contribution in [3.05, 3.63) is 119 Å². The van der Waals surface area contributed by atoms with Crippen LogP contribution in [0, 0.1) is 0 Å². The van der Waals surface area contributed by atoms with Gasteiger partial charge in [-0.05, 0) is 81.2 Å². The minimum Gasteiger partial charge on any atom is -0.285 e. The predicted molar refractivity (Wildman–Crippen MR) is 183 cm³/mol. The van der Waals surface area contributed by atoms with Crippen LogP contribution in [0.2, 0.25) is 0 Å². The standard InChI is InChI=1S/C37H21F12NO4S2/c1-56(53,54)33-29(21-12-24(36(44,45)46)17-25(13-21)37(47,48)49)15-19-7-3-5-9-27(19)31(33)30-26-8-4-2-6-18(26)14-28(32(30)55(51,52)50-56)20-10-22(34(38,39)40)16-23(11-20)35(41,42)43/h2-17H,1H3,(H2,50,53,54). The molecule has 294 valence electrons. The number of sulfonamides is 1. The molecule has 0 amide bonds. The highest BCUT2D eigenvalue weighted by molar-refractivity contribution is 8.20. The van der Waals surface area contributed by atoms with E-state index in [2.05, 4.69) is 0 Å². The molecule has 0 fully saturated rings. The van der Waals surface area contributed by atoms with Crippen molar-refractivity contribution in [2.24, 2.45) is 0 Å². The zero-order valence-corrected chi connectivity index (χ0v) is 29.4. The second-order valence-electron chi connectivity index (χ2n) is 13.2. The first-order valence-corrected chi connectivity index (χ1v) is 19.5. The number of fused-ring (bicyclic) bond motifs is 7. The van der Waals surface area contributed by atoms with Crippen LogP contribution in [0.5, 0.6) is 0 Å². The first kappa shape index (κ1) is 39.3. The number of hydrogen-bond acceptors (Lipinski definition) is 3. The average molecular weight is 836 g/mol. The number of halogens is 12. The lowest BCUT2D eigenvalue weighted by Gasteiger charge is -2.40. The molecule has 56 heavy (non-hydrogen) atoms. The lowest BCUT2D eigenvalue weighted by molar-refractivity contribution is -0.144. The molecule has 0 saturated heterocycles. The van der Waals surface area contributed by atoms with Crippen LogP contribution in [-0.4, -0.2) is 23.4 Å². The van der Waals surface area contributed by atoms with Gasteiger partial charge in [0.15, 0.2) is 0 Å². The van der Waals surface area contributed by atoms with E-state index in [0.717, 1.165) is 12.1 Å². The molecule has 5 nitrogen and oxygen atoms in total. The van der Waals surface area contributed by atoms with Gasteiger partial charge in [-0.25, -0.2) is 8.42 Å². The Labute approximate surface area is 308 Å². The summed E-state index contributed by atoms with van der Waals surface area (Å²) in [6.07, 6.45) is -21.2. The molecule has 1 aliphatic heterocycles. The Kier molecular flexibility index (Phi) is 8.42. The molecular weight excluding hydrogens is 815 g/mol. The molecular formula is C37H21F12NO4S2. The van der Waals surface area contributed by atoms with E-state index < -0.39 is 110 Å². The van der Waals surface area contributed by atoms with Gasteiger partial charge < -0.3 is 0 Å². The molecule has 0 aromatic heterocycles. The summed E-state index contributed by atoms with van der Waals surface area (Å²) in [6.45, 7) is 0. The number of benzene rings is 6. The Balaban J connectivity index is 1.76. The van der Waals surface area contributed by atoms with Crippen molar-refractivity contribution in [1.82, 2.24) is 4.13 Å². The van der Waals surface area contributed by atoms with Crippen molar-refractivity contribution in [2.45, 2.75) is 34.5 Å². The number of nitrogens with one attached hydrogen (secondary N) is 1. The molecule has 0 radical (unpaired) electrons. The molecule has 0 bridgehead atoms. The van der Waals surface area contributed by atoms with Gasteiger partial charge in [0.2, 0.25) is 0 Å². The van der Waals surface area contributed by atoms with Crippen LogP contribution in [0.25, 0.3) is 54.9 Å². The molecule has 1 aliphatic rings. The van der Waals surface area contributed by atoms with Crippen LogP contribution in [-0.2, 0) is 44.3 Å². The summed E-state index contributed by atoms with van der Waals surface area (Å²) < 4.78 is 227. The van der Waals surface area contributed by atoms with Crippen LogP contribution in [0.15, 0.2) is 107 Å². The zero-order chi connectivity index (χ0) is 41.2. The molecule has 6 aromatic carbocycles. The van der Waals surface area contributed by atoms with E-state index in [1.54, 1.807) is 4.13 Å². The van der Waals surface area contributed by atoms with Gasteiger partial charge in [-0.15, -0.1) is 13.7 Å². The fourth-order valence-electron chi connectivity index (χ4n) is 6.92. The summed E-state index contributed by atoms with van der Waals surface area (Å²) in [4.78, 5) is -2.11. The highest BCUT2D eigenvalue weighted by Gasteiger charge is 2.45. The normalized spacial score (nSPS) is 17.4. The van der Waals surface area contributed by atoms with Crippen LogP contribution in [0.3, 0.4) is 0 Å². The van der Waals surface area contributed by atoms with E-state index in [-0.39, 0.29) is 57.9 Å². The summed E-state index contributed by atoms with van der Waals surface area (Å²) in [5, 5.41) is -0.269. The van der Waals surface area contributed by atoms with Crippen LogP contribution in [0.1, 0.15) is 22.3 Å². The Morgan fingerprint density at radius 3 is 1.30 bits per heavy atom. The van der Waals surface area contributed by atoms with E-state index in [9.17, 15) is 65.7 Å². The molecule has 19 heteroatoms. The average Bonchev–Trinajstić information content (AvgIpc) is 3.13. The second kappa shape index (κ2) is 12.0. The van der Waals surface area contributed by atoms with Gasteiger partial charge in [-0.3, -0.25) is 4.55 Å². The Morgan fingerprint density at radius 2 is 0.893 bits per heavy atom. The van der Waals surface area contributed by atoms with Crippen molar-refractivity contribution in [2.75, 3.05) is 6.26 Å². The predicted octanol–water partition coefficient (Wildman–Crippen LogP) is 11.6. The van der Waals surface area contributed by atoms with Crippen molar-refractivity contribution < 1.29 is 69.9 Å². The quantitative estimate of drug-likeness (QED) is 0.170. The molecule has 6 aromatic rings. The first-order valence-electron chi connectivity index (χ1n) is 15.7. The van der Waals surface area contributed by atoms with E-state index in [1.165, 1.54) is 48.5 Å². The lowest BCUT2D eigenvalue weighted by atomic mass is 9.87. The van der Waals surface area contributed by atoms with Crippen molar-refractivity contribution in [3.63, 3.8) is 0 Å². The SMILES string of the molecule is CS1(=O)(O)NS(=O)(=O)c2c(-c3cc(C(F)(F)F)cc(C(F)(F)F)c3)cc3ccccc3c2-c2c1c(-c1cc(C(F)(F)F)cc(C(F)(F)F)c1)cc1ccccc21. The molecule has 0 atom stereocenters. The molecule has 0 unspecified atom stereocenters. The molecule has 2 N–H and O–H groups in total.